The van der Waals surface area contributed by atoms with Crippen molar-refractivity contribution in [3.05, 3.63) is 24.4 Å². The van der Waals surface area contributed by atoms with E-state index in [9.17, 15) is 0 Å². The Balaban J connectivity index is 2.54. The zero-order valence-electron chi connectivity index (χ0n) is 8.69. The summed E-state index contributed by atoms with van der Waals surface area (Å²) in [6, 6.07) is 6.33. The van der Waals surface area contributed by atoms with E-state index in [1.165, 1.54) is 0 Å². The van der Waals surface area contributed by atoms with Crippen LogP contribution < -0.4 is 4.74 Å². The van der Waals surface area contributed by atoms with Crippen LogP contribution in [0.5, 0.6) is 5.75 Å². The molecular weight excluding hydrogens is 176 g/mol. The summed E-state index contributed by atoms with van der Waals surface area (Å²) in [5.74, 6) is 0.853. The van der Waals surface area contributed by atoms with E-state index in [2.05, 4.69) is 25.1 Å². The number of methoxy groups -OCH3 is 1. The lowest BCUT2D eigenvalue weighted by molar-refractivity contribution is 0.415. The van der Waals surface area contributed by atoms with Gasteiger partial charge in [0.1, 0.15) is 5.75 Å². The molecule has 14 heavy (non-hydrogen) atoms. The number of aromatic nitrogens is 2. The van der Waals surface area contributed by atoms with E-state index < -0.39 is 0 Å². The Morgan fingerprint density at radius 2 is 2.14 bits per heavy atom. The quantitative estimate of drug-likeness (QED) is 0.727. The molecule has 2 aromatic rings. The van der Waals surface area contributed by atoms with Crippen molar-refractivity contribution in [3.63, 3.8) is 0 Å². The van der Waals surface area contributed by atoms with Gasteiger partial charge < -0.3 is 4.74 Å². The van der Waals surface area contributed by atoms with Crippen molar-refractivity contribution < 1.29 is 4.74 Å². The van der Waals surface area contributed by atoms with Gasteiger partial charge in [0.15, 0.2) is 0 Å². The first-order valence-electron chi connectivity index (χ1n) is 4.73. The smallest absolute Gasteiger partial charge is 0.121 e. The predicted molar refractivity (Wildman–Crippen MR) is 56.7 cm³/mol. The molecule has 3 heteroatoms. The van der Waals surface area contributed by atoms with E-state index in [1.54, 1.807) is 7.11 Å². The number of hydrogen-bond acceptors (Lipinski definition) is 2. The van der Waals surface area contributed by atoms with Crippen LogP contribution in [0.3, 0.4) is 0 Å². The Bertz CT molecular complexity index is 445. The molecule has 1 heterocycles. The second-order valence-electron chi connectivity index (χ2n) is 3.63. The summed E-state index contributed by atoms with van der Waals surface area (Å²) >= 11 is 0. The van der Waals surface area contributed by atoms with E-state index >= 15 is 0 Å². The maximum absolute atomic E-state index is 5.14. The molecule has 0 unspecified atom stereocenters. The van der Waals surface area contributed by atoms with Crippen molar-refractivity contribution in [2.75, 3.05) is 7.11 Å². The number of nitrogens with zero attached hydrogens (tertiary/aromatic N) is 2. The van der Waals surface area contributed by atoms with Gasteiger partial charge in [-0.3, -0.25) is 4.68 Å². The molecule has 0 N–H and O–H groups in total. The monoisotopic (exact) mass is 190 g/mol. The molecule has 3 nitrogen and oxygen atoms in total. The average molecular weight is 190 g/mol. The van der Waals surface area contributed by atoms with E-state index in [-0.39, 0.29) is 0 Å². The van der Waals surface area contributed by atoms with Gasteiger partial charge in [-0.2, -0.15) is 5.10 Å². The number of ether oxygens (including phenoxy) is 1. The standard InChI is InChI=1S/C11H14N2O/c1-8(2)13-7-9-4-5-10(14-3)6-11(9)12-13/h4-8H,1-3H3. The van der Waals surface area contributed by atoms with Gasteiger partial charge in [-0.25, -0.2) is 0 Å². The molecule has 0 aliphatic carbocycles. The Kier molecular flexibility index (Phi) is 2.15. The van der Waals surface area contributed by atoms with Crippen molar-refractivity contribution in [2.24, 2.45) is 0 Å². The molecule has 2 rings (SSSR count). The molecule has 0 spiro atoms. The first kappa shape index (κ1) is 9.06. The third-order valence-electron chi connectivity index (χ3n) is 2.26. The maximum Gasteiger partial charge on any atom is 0.121 e. The van der Waals surface area contributed by atoms with Crippen molar-refractivity contribution in [1.29, 1.82) is 0 Å². The van der Waals surface area contributed by atoms with Crippen molar-refractivity contribution in [2.45, 2.75) is 19.9 Å². The zero-order valence-corrected chi connectivity index (χ0v) is 8.69. The SMILES string of the molecule is COc1ccc2cn(C(C)C)nc2c1. The van der Waals surface area contributed by atoms with Crippen LogP contribution in [-0.2, 0) is 0 Å². The fraction of sp³-hybridized carbons (Fsp3) is 0.364. The van der Waals surface area contributed by atoms with Gasteiger partial charge in [0.25, 0.3) is 0 Å². The number of benzene rings is 1. The Morgan fingerprint density at radius 3 is 2.79 bits per heavy atom. The van der Waals surface area contributed by atoms with E-state index in [0.29, 0.717) is 6.04 Å². The molecule has 0 fully saturated rings. The topological polar surface area (TPSA) is 27.1 Å². The Labute approximate surface area is 83.3 Å². The lowest BCUT2D eigenvalue weighted by atomic mass is 10.2. The molecule has 1 aromatic heterocycles. The van der Waals surface area contributed by atoms with Gasteiger partial charge in [-0.05, 0) is 26.0 Å². The summed E-state index contributed by atoms with van der Waals surface area (Å²) in [6.45, 7) is 4.23. The average Bonchev–Trinajstić information content (AvgIpc) is 2.59. The van der Waals surface area contributed by atoms with Gasteiger partial charge in [0, 0.05) is 23.7 Å². The summed E-state index contributed by atoms with van der Waals surface area (Å²) in [7, 11) is 1.67. The summed E-state index contributed by atoms with van der Waals surface area (Å²) in [5.41, 5.74) is 0.984. The summed E-state index contributed by atoms with van der Waals surface area (Å²) in [5, 5.41) is 5.61. The van der Waals surface area contributed by atoms with Crippen LogP contribution in [0, 0.1) is 0 Å². The zero-order chi connectivity index (χ0) is 10.1. The fourth-order valence-electron chi connectivity index (χ4n) is 1.41. The summed E-state index contributed by atoms with van der Waals surface area (Å²) in [6.07, 6.45) is 2.06. The van der Waals surface area contributed by atoms with Crippen LogP contribution in [0.25, 0.3) is 10.9 Å². The molecule has 0 radical (unpaired) electrons. The molecule has 0 saturated carbocycles. The highest BCUT2D eigenvalue weighted by Gasteiger charge is 2.03. The molecule has 0 amide bonds. The van der Waals surface area contributed by atoms with Crippen LogP contribution in [0.1, 0.15) is 19.9 Å². The minimum Gasteiger partial charge on any atom is -0.497 e. The Hall–Kier alpha value is -1.51. The highest BCUT2D eigenvalue weighted by atomic mass is 16.5. The normalized spacial score (nSPS) is 11.1. The first-order valence-corrected chi connectivity index (χ1v) is 4.73. The minimum absolute atomic E-state index is 0.397. The number of fused-ring (bicyclic) bond motifs is 1. The lowest BCUT2D eigenvalue weighted by Gasteiger charge is -2.02. The van der Waals surface area contributed by atoms with E-state index in [4.69, 9.17) is 4.74 Å². The molecule has 0 bridgehead atoms. The molecule has 0 aliphatic rings. The molecule has 74 valence electrons. The second kappa shape index (κ2) is 3.33. The van der Waals surface area contributed by atoms with Crippen molar-refractivity contribution in [1.82, 2.24) is 9.78 Å². The largest absolute Gasteiger partial charge is 0.497 e. The van der Waals surface area contributed by atoms with Crippen LogP contribution in [0.4, 0.5) is 0 Å². The van der Waals surface area contributed by atoms with E-state index in [1.807, 2.05) is 22.9 Å². The van der Waals surface area contributed by atoms with Crippen molar-refractivity contribution in [3.8, 4) is 5.75 Å². The fourth-order valence-corrected chi connectivity index (χ4v) is 1.41. The Morgan fingerprint density at radius 1 is 1.36 bits per heavy atom. The molecule has 0 saturated heterocycles. The highest BCUT2D eigenvalue weighted by Crippen LogP contribution is 2.20. The third-order valence-corrected chi connectivity index (χ3v) is 2.26. The summed E-state index contributed by atoms with van der Waals surface area (Å²) < 4.78 is 7.11. The van der Waals surface area contributed by atoms with E-state index in [0.717, 1.165) is 16.7 Å². The first-order chi connectivity index (χ1) is 6.70. The van der Waals surface area contributed by atoms with Crippen LogP contribution in [0.15, 0.2) is 24.4 Å². The van der Waals surface area contributed by atoms with Crippen LogP contribution in [-0.4, -0.2) is 16.9 Å². The van der Waals surface area contributed by atoms with Crippen LogP contribution >= 0.6 is 0 Å². The van der Waals surface area contributed by atoms with Gasteiger partial charge in [-0.15, -0.1) is 0 Å². The molecule has 1 aromatic carbocycles. The minimum atomic E-state index is 0.397. The number of rotatable bonds is 2. The predicted octanol–water partition coefficient (Wildman–Crippen LogP) is 2.63. The molecular formula is C11H14N2O. The van der Waals surface area contributed by atoms with Gasteiger partial charge in [0.05, 0.1) is 12.6 Å². The molecule has 0 atom stereocenters. The van der Waals surface area contributed by atoms with Crippen molar-refractivity contribution >= 4 is 10.9 Å². The summed E-state index contributed by atoms with van der Waals surface area (Å²) in [4.78, 5) is 0. The third kappa shape index (κ3) is 1.45. The number of hydrogen-bond donors (Lipinski definition) is 0. The lowest BCUT2D eigenvalue weighted by Crippen LogP contribution is -1.99. The second-order valence-corrected chi connectivity index (χ2v) is 3.63. The maximum atomic E-state index is 5.14. The van der Waals surface area contributed by atoms with Crippen LogP contribution in [0.2, 0.25) is 0 Å². The van der Waals surface area contributed by atoms with Gasteiger partial charge >= 0.3 is 0 Å². The highest BCUT2D eigenvalue weighted by molar-refractivity contribution is 5.79. The van der Waals surface area contributed by atoms with Gasteiger partial charge in [0.2, 0.25) is 0 Å². The van der Waals surface area contributed by atoms with Gasteiger partial charge in [-0.1, -0.05) is 0 Å². The molecule has 0 aliphatic heterocycles.